The molecule has 0 aliphatic carbocycles. The average Bonchev–Trinajstić information content (AvgIpc) is 2.38. The van der Waals surface area contributed by atoms with Crippen LogP contribution in [-0.2, 0) is 0 Å². The minimum atomic E-state index is -0.565. The standard InChI is InChI=1S/C15H15BrN2O2/c1-10(19)11-4-2-6-13(8-11)17-15(20)18-14-7-3-5-12(16)9-14/h2-10,19H,1H3,(H2,17,18,20). The Morgan fingerprint density at radius 1 is 1.10 bits per heavy atom. The van der Waals surface area contributed by atoms with Crippen molar-refractivity contribution >= 4 is 33.3 Å². The molecule has 0 saturated carbocycles. The second kappa shape index (κ2) is 6.54. The lowest BCUT2D eigenvalue weighted by Gasteiger charge is -2.10. The summed E-state index contributed by atoms with van der Waals surface area (Å²) < 4.78 is 0.895. The van der Waals surface area contributed by atoms with Crippen molar-refractivity contribution in [3.8, 4) is 0 Å². The Kier molecular flexibility index (Phi) is 4.76. The van der Waals surface area contributed by atoms with Gasteiger partial charge < -0.3 is 15.7 Å². The second-order valence-corrected chi connectivity index (χ2v) is 5.31. The van der Waals surface area contributed by atoms with E-state index in [1.54, 1.807) is 31.2 Å². The third-order valence-electron chi connectivity index (χ3n) is 2.71. The summed E-state index contributed by atoms with van der Waals surface area (Å²) in [6.45, 7) is 1.68. The number of halogens is 1. The quantitative estimate of drug-likeness (QED) is 0.789. The highest BCUT2D eigenvalue weighted by Gasteiger charge is 2.05. The number of anilines is 2. The number of aliphatic hydroxyl groups excluding tert-OH is 1. The zero-order chi connectivity index (χ0) is 14.5. The molecule has 0 saturated heterocycles. The summed E-state index contributed by atoms with van der Waals surface area (Å²) >= 11 is 3.34. The fraction of sp³-hybridized carbons (Fsp3) is 0.133. The number of carbonyl (C=O) groups is 1. The average molecular weight is 335 g/mol. The zero-order valence-electron chi connectivity index (χ0n) is 10.9. The summed E-state index contributed by atoms with van der Waals surface area (Å²) in [7, 11) is 0. The largest absolute Gasteiger partial charge is 0.389 e. The van der Waals surface area contributed by atoms with Crippen LogP contribution in [0.3, 0.4) is 0 Å². The number of carbonyl (C=O) groups excluding carboxylic acids is 1. The molecule has 104 valence electrons. The number of amides is 2. The SMILES string of the molecule is CC(O)c1cccc(NC(=O)Nc2cccc(Br)c2)c1. The molecule has 4 nitrogen and oxygen atoms in total. The number of aliphatic hydroxyl groups is 1. The van der Waals surface area contributed by atoms with E-state index in [1.165, 1.54) is 0 Å². The van der Waals surface area contributed by atoms with Crippen LogP contribution in [0.25, 0.3) is 0 Å². The van der Waals surface area contributed by atoms with Crippen molar-refractivity contribution in [3.63, 3.8) is 0 Å². The summed E-state index contributed by atoms with van der Waals surface area (Å²) in [5, 5.41) is 15.0. The van der Waals surface area contributed by atoms with E-state index in [-0.39, 0.29) is 6.03 Å². The summed E-state index contributed by atoms with van der Waals surface area (Å²) in [6.07, 6.45) is -0.565. The molecule has 0 heterocycles. The van der Waals surface area contributed by atoms with Crippen molar-refractivity contribution in [2.24, 2.45) is 0 Å². The van der Waals surface area contributed by atoms with Gasteiger partial charge in [-0.3, -0.25) is 0 Å². The Balaban J connectivity index is 2.03. The van der Waals surface area contributed by atoms with Gasteiger partial charge >= 0.3 is 6.03 Å². The third-order valence-corrected chi connectivity index (χ3v) is 3.20. The molecule has 5 heteroatoms. The first kappa shape index (κ1) is 14.6. The number of nitrogens with one attached hydrogen (secondary N) is 2. The van der Waals surface area contributed by atoms with Crippen molar-refractivity contribution in [2.45, 2.75) is 13.0 Å². The maximum absolute atomic E-state index is 11.9. The maximum Gasteiger partial charge on any atom is 0.323 e. The maximum atomic E-state index is 11.9. The van der Waals surface area contributed by atoms with Gasteiger partial charge in [0.25, 0.3) is 0 Å². The van der Waals surface area contributed by atoms with E-state index < -0.39 is 6.10 Å². The normalized spacial score (nSPS) is 11.8. The second-order valence-electron chi connectivity index (χ2n) is 4.39. The van der Waals surface area contributed by atoms with Gasteiger partial charge in [0.2, 0.25) is 0 Å². The number of rotatable bonds is 3. The first-order chi connectivity index (χ1) is 9.54. The Morgan fingerprint density at radius 3 is 2.30 bits per heavy atom. The van der Waals surface area contributed by atoms with Crippen LogP contribution < -0.4 is 10.6 Å². The summed E-state index contributed by atoms with van der Waals surface area (Å²) in [5.41, 5.74) is 2.09. The predicted octanol–water partition coefficient (Wildman–Crippen LogP) is 4.15. The molecule has 0 bridgehead atoms. The predicted molar refractivity (Wildman–Crippen MR) is 83.9 cm³/mol. The highest BCUT2D eigenvalue weighted by atomic mass is 79.9. The molecule has 0 radical (unpaired) electrons. The van der Waals surface area contributed by atoms with Gasteiger partial charge in [0.05, 0.1) is 6.10 Å². The lowest BCUT2D eigenvalue weighted by molar-refractivity contribution is 0.199. The molecule has 2 rings (SSSR count). The van der Waals surface area contributed by atoms with Gasteiger partial charge in [-0.25, -0.2) is 4.79 Å². The van der Waals surface area contributed by atoms with Crippen LogP contribution in [0.1, 0.15) is 18.6 Å². The fourth-order valence-electron chi connectivity index (χ4n) is 1.74. The number of urea groups is 1. The Bertz CT molecular complexity index is 614. The minimum absolute atomic E-state index is 0.328. The van der Waals surface area contributed by atoms with Crippen LogP contribution in [0.15, 0.2) is 53.0 Å². The minimum Gasteiger partial charge on any atom is -0.389 e. The van der Waals surface area contributed by atoms with Gasteiger partial charge in [0.1, 0.15) is 0 Å². The molecule has 0 fully saturated rings. The summed E-state index contributed by atoms with van der Waals surface area (Å²) in [6, 6.07) is 14.1. The molecule has 2 amide bonds. The first-order valence-electron chi connectivity index (χ1n) is 6.16. The van der Waals surface area contributed by atoms with Crippen LogP contribution in [-0.4, -0.2) is 11.1 Å². The highest BCUT2D eigenvalue weighted by molar-refractivity contribution is 9.10. The van der Waals surface area contributed by atoms with Gasteiger partial charge in [-0.1, -0.05) is 34.1 Å². The van der Waals surface area contributed by atoms with Crippen LogP contribution in [0.2, 0.25) is 0 Å². The Labute approximate surface area is 126 Å². The lowest BCUT2D eigenvalue weighted by atomic mass is 10.1. The van der Waals surface area contributed by atoms with E-state index in [2.05, 4.69) is 26.6 Å². The molecular formula is C15H15BrN2O2. The van der Waals surface area contributed by atoms with Crippen molar-refractivity contribution in [1.29, 1.82) is 0 Å². The first-order valence-corrected chi connectivity index (χ1v) is 6.95. The molecule has 2 aromatic rings. The van der Waals surface area contributed by atoms with E-state index in [9.17, 15) is 9.90 Å². The van der Waals surface area contributed by atoms with Gasteiger partial charge in [-0.05, 0) is 42.8 Å². The summed E-state index contributed by atoms with van der Waals surface area (Å²) in [4.78, 5) is 11.9. The van der Waals surface area contributed by atoms with E-state index in [0.29, 0.717) is 11.4 Å². The van der Waals surface area contributed by atoms with Crippen LogP contribution in [0.4, 0.5) is 16.2 Å². The van der Waals surface area contributed by atoms with E-state index in [4.69, 9.17) is 0 Å². The molecular weight excluding hydrogens is 320 g/mol. The zero-order valence-corrected chi connectivity index (χ0v) is 12.5. The van der Waals surface area contributed by atoms with E-state index in [1.807, 2.05) is 24.3 Å². The number of benzene rings is 2. The van der Waals surface area contributed by atoms with Crippen LogP contribution >= 0.6 is 15.9 Å². The van der Waals surface area contributed by atoms with Gasteiger partial charge in [-0.2, -0.15) is 0 Å². The van der Waals surface area contributed by atoms with Crippen molar-refractivity contribution < 1.29 is 9.90 Å². The Morgan fingerprint density at radius 2 is 1.70 bits per heavy atom. The summed E-state index contributed by atoms with van der Waals surface area (Å²) in [5.74, 6) is 0. The molecule has 2 aromatic carbocycles. The van der Waals surface area contributed by atoms with E-state index >= 15 is 0 Å². The molecule has 0 aliphatic heterocycles. The smallest absolute Gasteiger partial charge is 0.323 e. The molecule has 0 spiro atoms. The fourth-order valence-corrected chi connectivity index (χ4v) is 2.14. The molecule has 20 heavy (non-hydrogen) atoms. The van der Waals surface area contributed by atoms with Crippen molar-refractivity contribution in [3.05, 3.63) is 58.6 Å². The van der Waals surface area contributed by atoms with Gasteiger partial charge in [0, 0.05) is 15.8 Å². The highest BCUT2D eigenvalue weighted by Crippen LogP contribution is 2.18. The molecule has 1 atom stereocenters. The topological polar surface area (TPSA) is 61.4 Å². The number of hydrogen-bond donors (Lipinski definition) is 3. The molecule has 3 N–H and O–H groups in total. The Hall–Kier alpha value is -1.85. The molecule has 1 unspecified atom stereocenters. The van der Waals surface area contributed by atoms with Crippen LogP contribution in [0.5, 0.6) is 0 Å². The lowest BCUT2D eigenvalue weighted by Crippen LogP contribution is -2.19. The van der Waals surface area contributed by atoms with Crippen molar-refractivity contribution in [1.82, 2.24) is 0 Å². The van der Waals surface area contributed by atoms with E-state index in [0.717, 1.165) is 10.0 Å². The molecule has 0 aromatic heterocycles. The van der Waals surface area contributed by atoms with Crippen LogP contribution in [0, 0.1) is 0 Å². The third kappa shape index (κ3) is 4.08. The van der Waals surface area contributed by atoms with Crippen molar-refractivity contribution in [2.75, 3.05) is 10.6 Å². The van der Waals surface area contributed by atoms with Gasteiger partial charge in [-0.15, -0.1) is 0 Å². The van der Waals surface area contributed by atoms with Gasteiger partial charge in [0.15, 0.2) is 0 Å². The molecule has 0 aliphatic rings. The monoisotopic (exact) mass is 334 g/mol. The number of hydrogen-bond acceptors (Lipinski definition) is 2.